The van der Waals surface area contributed by atoms with Gasteiger partial charge in [-0.15, -0.1) is 0 Å². The lowest BCUT2D eigenvalue weighted by Gasteiger charge is -2.33. The molecule has 0 spiro atoms. The second-order valence-corrected chi connectivity index (χ2v) is 3.70. The summed E-state index contributed by atoms with van der Waals surface area (Å²) in [5.74, 6) is 0. The van der Waals surface area contributed by atoms with Crippen molar-refractivity contribution in [3.63, 3.8) is 0 Å². The minimum atomic E-state index is 0.291. The lowest BCUT2D eigenvalue weighted by Crippen LogP contribution is -2.52. The Morgan fingerprint density at radius 1 is 1.31 bits per heavy atom. The maximum absolute atomic E-state index is 5.16. The topological polar surface area (TPSA) is 27.7 Å². The van der Waals surface area contributed by atoms with Gasteiger partial charge in [-0.1, -0.05) is 0 Å². The van der Waals surface area contributed by atoms with E-state index in [0.29, 0.717) is 6.10 Å². The molecule has 1 unspecified atom stereocenters. The average Bonchev–Trinajstić information content (AvgIpc) is 2.16. The molecule has 13 heavy (non-hydrogen) atoms. The summed E-state index contributed by atoms with van der Waals surface area (Å²) in [6.45, 7) is 7.48. The molecule has 0 bridgehead atoms. The molecule has 1 aliphatic rings. The van der Waals surface area contributed by atoms with Crippen molar-refractivity contribution in [3.05, 3.63) is 0 Å². The molecule has 0 aromatic carbocycles. The highest BCUT2D eigenvalue weighted by atomic mass is 16.5. The Labute approximate surface area is 80.8 Å². The van der Waals surface area contributed by atoms with Crippen molar-refractivity contribution >= 4 is 0 Å². The highest BCUT2D eigenvalue weighted by molar-refractivity contribution is 4.66. The summed E-state index contributed by atoms with van der Waals surface area (Å²) in [5.41, 5.74) is 3.37. The number of ether oxygens (including phenoxy) is 1. The Bertz CT molecular complexity index is 135. The maximum atomic E-state index is 5.16. The average molecular weight is 187 g/mol. The first-order valence-corrected chi connectivity index (χ1v) is 4.92. The van der Waals surface area contributed by atoms with Crippen molar-refractivity contribution < 1.29 is 4.74 Å². The Morgan fingerprint density at radius 2 is 1.92 bits per heavy atom. The lowest BCUT2D eigenvalue weighted by molar-refractivity contribution is 0.0600. The van der Waals surface area contributed by atoms with Gasteiger partial charge >= 0.3 is 0 Å². The minimum absolute atomic E-state index is 0.291. The van der Waals surface area contributed by atoms with Gasteiger partial charge in [0.05, 0.1) is 6.10 Å². The second kappa shape index (κ2) is 5.54. The van der Waals surface area contributed by atoms with Crippen LogP contribution in [0.2, 0.25) is 0 Å². The molecule has 0 aliphatic carbocycles. The molecule has 0 aromatic heterocycles. The van der Waals surface area contributed by atoms with Crippen LogP contribution in [0.25, 0.3) is 0 Å². The zero-order valence-electron chi connectivity index (χ0n) is 8.92. The molecular weight excluding hydrogens is 166 g/mol. The van der Waals surface area contributed by atoms with Crippen LogP contribution >= 0.6 is 0 Å². The van der Waals surface area contributed by atoms with E-state index in [1.165, 1.54) is 0 Å². The van der Waals surface area contributed by atoms with Gasteiger partial charge in [0.1, 0.15) is 0 Å². The summed E-state index contributed by atoms with van der Waals surface area (Å²) >= 11 is 0. The molecule has 0 amide bonds. The van der Waals surface area contributed by atoms with E-state index >= 15 is 0 Å². The fourth-order valence-corrected chi connectivity index (χ4v) is 1.31. The summed E-state index contributed by atoms with van der Waals surface area (Å²) in [4.78, 5) is 2.35. The number of hydrogen-bond acceptors (Lipinski definition) is 4. The highest BCUT2D eigenvalue weighted by Crippen LogP contribution is 1.95. The summed E-state index contributed by atoms with van der Waals surface area (Å²) in [6, 6.07) is 0. The smallest absolute Gasteiger partial charge is 0.0681 e. The zero-order chi connectivity index (χ0) is 9.68. The number of hydrazine groups is 1. The third kappa shape index (κ3) is 4.04. The van der Waals surface area contributed by atoms with E-state index in [1.807, 2.05) is 0 Å². The van der Waals surface area contributed by atoms with Crippen LogP contribution in [0.5, 0.6) is 0 Å². The molecule has 1 fully saturated rings. The molecule has 0 radical (unpaired) electrons. The Kier molecular flexibility index (Phi) is 4.66. The van der Waals surface area contributed by atoms with Crippen molar-refractivity contribution in [2.24, 2.45) is 0 Å². The predicted octanol–water partition coefficient (Wildman–Crippen LogP) is -0.227. The van der Waals surface area contributed by atoms with E-state index in [4.69, 9.17) is 4.74 Å². The summed E-state index contributed by atoms with van der Waals surface area (Å²) in [5, 5.41) is 2.27. The number of hydrogen-bond donors (Lipinski definition) is 1. The SMILES string of the molecule is COC(C)CNN1CCN(C)CC1. The second-order valence-electron chi connectivity index (χ2n) is 3.70. The molecule has 1 N–H and O–H groups in total. The van der Waals surface area contributed by atoms with Crippen molar-refractivity contribution in [2.45, 2.75) is 13.0 Å². The van der Waals surface area contributed by atoms with Gasteiger partial charge in [-0.3, -0.25) is 5.43 Å². The predicted molar refractivity (Wildman–Crippen MR) is 53.5 cm³/mol. The van der Waals surface area contributed by atoms with E-state index in [0.717, 1.165) is 32.7 Å². The molecule has 4 heteroatoms. The van der Waals surface area contributed by atoms with Gasteiger partial charge in [0.15, 0.2) is 0 Å². The van der Waals surface area contributed by atoms with Crippen LogP contribution in [0.1, 0.15) is 6.92 Å². The number of rotatable bonds is 4. The summed E-state index contributed by atoms with van der Waals surface area (Å²) in [6.07, 6.45) is 0.291. The van der Waals surface area contributed by atoms with Crippen molar-refractivity contribution in [3.8, 4) is 0 Å². The lowest BCUT2D eigenvalue weighted by atomic mass is 10.4. The fourth-order valence-electron chi connectivity index (χ4n) is 1.31. The molecule has 4 nitrogen and oxygen atoms in total. The highest BCUT2D eigenvalue weighted by Gasteiger charge is 2.13. The van der Waals surface area contributed by atoms with Gasteiger partial charge in [0.25, 0.3) is 0 Å². The van der Waals surface area contributed by atoms with Crippen LogP contribution < -0.4 is 5.43 Å². The van der Waals surface area contributed by atoms with Gasteiger partial charge in [0, 0.05) is 39.8 Å². The Morgan fingerprint density at radius 3 is 2.46 bits per heavy atom. The first-order chi connectivity index (χ1) is 6.22. The van der Waals surface area contributed by atoms with Gasteiger partial charge in [-0.25, -0.2) is 5.01 Å². The number of likely N-dealkylation sites (N-methyl/N-ethyl adjacent to an activating group) is 1. The molecule has 1 rings (SSSR count). The number of nitrogens with one attached hydrogen (secondary N) is 1. The van der Waals surface area contributed by atoms with E-state index in [9.17, 15) is 0 Å². The van der Waals surface area contributed by atoms with Crippen LogP contribution in [0.15, 0.2) is 0 Å². The van der Waals surface area contributed by atoms with Crippen molar-refractivity contribution in [1.82, 2.24) is 15.3 Å². The molecule has 1 atom stereocenters. The quantitative estimate of drug-likeness (QED) is 0.658. The fraction of sp³-hybridized carbons (Fsp3) is 1.00. The first kappa shape index (κ1) is 10.9. The third-order valence-corrected chi connectivity index (χ3v) is 2.51. The first-order valence-electron chi connectivity index (χ1n) is 4.92. The van der Waals surface area contributed by atoms with Crippen LogP contribution in [-0.2, 0) is 4.74 Å². The van der Waals surface area contributed by atoms with Gasteiger partial charge in [-0.05, 0) is 14.0 Å². The number of methoxy groups -OCH3 is 1. The molecule has 1 saturated heterocycles. The Balaban J connectivity index is 2.08. The van der Waals surface area contributed by atoms with Crippen LogP contribution in [0.4, 0.5) is 0 Å². The van der Waals surface area contributed by atoms with Crippen LogP contribution in [-0.4, -0.2) is 62.9 Å². The molecule has 1 heterocycles. The van der Waals surface area contributed by atoms with E-state index < -0.39 is 0 Å². The summed E-state index contributed by atoms with van der Waals surface area (Å²) in [7, 11) is 3.91. The Hall–Kier alpha value is -0.160. The molecule has 0 aromatic rings. The van der Waals surface area contributed by atoms with Gasteiger partial charge in [0.2, 0.25) is 0 Å². The molecule has 0 saturated carbocycles. The monoisotopic (exact) mass is 187 g/mol. The van der Waals surface area contributed by atoms with Crippen molar-refractivity contribution in [2.75, 3.05) is 46.9 Å². The normalized spacial score (nSPS) is 23.3. The van der Waals surface area contributed by atoms with Gasteiger partial charge < -0.3 is 9.64 Å². The van der Waals surface area contributed by atoms with Crippen molar-refractivity contribution in [1.29, 1.82) is 0 Å². The zero-order valence-corrected chi connectivity index (χ0v) is 8.92. The maximum Gasteiger partial charge on any atom is 0.0681 e. The van der Waals surface area contributed by atoms with E-state index in [2.05, 4.69) is 29.3 Å². The van der Waals surface area contributed by atoms with E-state index in [1.54, 1.807) is 7.11 Å². The van der Waals surface area contributed by atoms with E-state index in [-0.39, 0.29) is 0 Å². The number of piperazine rings is 1. The largest absolute Gasteiger partial charge is 0.380 e. The molecule has 1 aliphatic heterocycles. The van der Waals surface area contributed by atoms with Gasteiger partial charge in [-0.2, -0.15) is 0 Å². The van der Waals surface area contributed by atoms with Crippen LogP contribution in [0.3, 0.4) is 0 Å². The number of nitrogens with zero attached hydrogens (tertiary/aromatic N) is 2. The minimum Gasteiger partial charge on any atom is -0.380 e. The standard InChI is InChI=1S/C9H21N3O/c1-9(13-3)8-10-12-6-4-11(2)5-7-12/h9-10H,4-8H2,1-3H3. The summed E-state index contributed by atoms with van der Waals surface area (Å²) < 4.78 is 5.16. The third-order valence-electron chi connectivity index (χ3n) is 2.51. The molecule has 78 valence electrons. The molecular formula is C9H21N3O. The van der Waals surface area contributed by atoms with Crippen LogP contribution in [0, 0.1) is 0 Å².